The minimum atomic E-state index is -0.273. The maximum Gasteiger partial charge on any atom is 0.193 e. The molecule has 134 valence electrons. The molecule has 2 N–H and O–H groups in total. The fourth-order valence-corrected chi connectivity index (χ4v) is 8.58. The van der Waals surface area contributed by atoms with E-state index in [-0.39, 0.29) is 17.7 Å². The molecule has 1 aromatic rings. The number of fused-ring (bicyclic) bond motifs is 2. The third-order valence-corrected chi connectivity index (χ3v) is 9.39. The molecule has 1 spiro atoms. The van der Waals surface area contributed by atoms with Crippen LogP contribution in [0.25, 0.3) is 0 Å². The average Bonchev–Trinajstić information content (AvgIpc) is 2.99. The predicted molar refractivity (Wildman–Crippen MR) is 96.1 cm³/mol. The molecule has 5 bridgehead atoms. The molecule has 0 radical (unpaired) electrons. The number of quaternary nitrogens is 1. The molecule has 5 fully saturated rings. The van der Waals surface area contributed by atoms with E-state index in [9.17, 15) is 10.2 Å². The van der Waals surface area contributed by atoms with Crippen LogP contribution >= 0.6 is 0 Å². The van der Waals surface area contributed by atoms with E-state index in [1.165, 1.54) is 11.3 Å². The van der Waals surface area contributed by atoms with E-state index in [1.54, 1.807) is 0 Å². The summed E-state index contributed by atoms with van der Waals surface area (Å²) in [5.74, 6) is 1.17. The van der Waals surface area contributed by atoms with Crippen LogP contribution in [-0.2, 0) is 5.41 Å². The minimum Gasteiger partial charge on any atom is -0.392 e. The first-order valence-corrected chi connectivity index (χ1v) is 10.0. The first-order chi connectivity index (χ1) is 12.0. The van der Waals surface area contributed by atoms with Crippen molar-refractivity contribution in [2.75, 3.05) is 19.0 Å². The fraction of sp³-hybridized carbons (Fsp3) is 0.714. The number of benzene rings is 1. The third-order valence-electron chi connectivity index (χ3n) is 9.39. The second-order valence-electron chi connectivity index (χ2n) is 9.58. The van der Waals surface area contributed by atoms with Gasteiger partial charge in [-0.3, -0.25) is 4.48 Å². The molecule has 0 amide bonds. The molecule has 5 heterocycles. The molecule has 10 atom stereocenters. The van der Waals surface area contributed by atoms with E-state index >= 15 is 0 Å². The highest BCUT2D eigenvalue weighted by Gasteiger charge is 2.82. The van der Waals surface area contributed by atoms with Gasteiger partial charge in [-0.25, -0.2) is 0 Å². The van der Waals surface area contributed by atoms with Gasteiger partial charge in [-0.15, -0.1) is 0 Å². The number of nitrogens with zero attached hydrogens (tertiary/aromatic N) is 2. The van der Waals surface area contributed by atoms with E-state index < -0.39 is 0 Å². The maximum absolute atomic E-state index is 11.7. The highest BCUT2D eigenvalue weighted by atomic mass is 16.3. The van der Waals surface area contributed by atoms with Crippen LogP contribution < -0.4 is 4.90 Å². The van der Waals surface area contributed by atoms with Crippen molar-refractivity contribution in [3.05, 3.63) is 29.8 Å². The van der Waals surface area contributed by atoms with Crippen LogP contribution in [0.15, 0.2) is 24.3 Å². The number of piperidine rings is 4. The zero-order chi connectivity index (χ0) is 17.3. The number of hydrogen-bond donors (Lipinski definition) is 2. The number of hydrogen-bond acceptors (Lipinski definition) is 3. The Morgan fingerprint density at radius 3 is 2.76 bits per heavy atom. The number of aliphatic hydroxyl groups is 2. The lowest BCUT2D eigenvalue weighted by Crippen LogP contribution is -2.81. The summed E-state index contributed by atoms with van der Waals surface area (Å²) in [7, 11) is 4.51. The molecular formula is C21H29N2O2+. The van der Waals surface area contributed by atoms with Crippen LogP contribution in [0.1, 0.15) is 31.7 Å². The summed E-state index contributed by atoms with van der Waals surface area (Å²) < 4.78 is 0.779. The zero-order valence-electron chi connectivity index (χ0n) is 15.3. The van der Waals surface area contributed by atoms with Gasteiger partial charge in [-0.1, -0.05) is 25.1 Å². The summed E-state index contributed by atoms with van der Waals surface area (Å²) >= 11 is 0. The van der Waals surface area contributed by atoms with Gasteiger partial charge in [0.25, 0.3) is 0 Å². The fourth-order valence-electron chi connectivity index (χ4n) is 8.58. The van der Waals surface area contributed by atoms with Crippen molar-refractivity contribution in [2.45, 2.75) is 62.1 Å². The Balaban J connectivity index is 1.63. The molecule has 4 saturated heterocycles. The first kappa shape index (κ1) is 15.0. The minimum absolute atomic E-state index is 0.125. The molecule has 1 aromatic carbocycles. The summed E-state index contributed by atoms with van der Waals surface area (Å²) in [4.78, 5) is 2.44. The Labute approximate surface area is 149 Å². The molecular weight excluding hydrogens is 312 g/mol. The van der Waals surface area contributed by atoms with Crippen molar-refractivity contribution in [3.8, 4) is 0 Å². The van der Waals surface area contributed by atoms with E-state index in [2.05, 4.69) is 50.2 Å². The van der Waals surface area contributed by atoms with Crippen LogP contribution in [-0.4, -0.2) is 59.2 Å². The molecule has 4 heteroatoms. The maximum atomic E-state index is 11.7. The Morgan fingerprint density at radius 1 is 1.24 bits per heavy atom. The lowest BCUT2D eigenvalue weighted by molar-refractivity contribution is -1.02. The van der Waals surface area contributed by atoms with Gasteiger partial charge in [-0.05, 0) is 24.0 Å². The summed E-state index contributed by atoms with van der Waals surface area (Å²) in [6.07, 6.45) is 2.67. The average molecular weight is 341 g/mol. The molecule has 25 heavy (non-hydrogen) atoms. The van der Waals surface area contributed by atoms with Crippen LogP contribution in [0, 0.1) is 17.8 Å². The van der Waals surface area contributed by atoms with Crippen molar-refractivity contribution >= 4 is 5.69 Å². The normalized spacial score (nSPS) is 57.1. The molecule has 7 rings (SSSR count). The smallest absolute Gasteiger partial charge is 0.193 e. The molecule has 1 unspecified atom stereocenters. The van der Waals surface area contributed by atoms with Gasteiger partial charge in [0.15, 0.2) is 6.23 Å². The van der Waals surface area contributed by atoms with Gasteiger partial charge in [0.05, 0.1) is 30.7 Å². The first-order valence-electron chi connectivity index (χ1n) is 10.0. The highest BCUT2D eigenvalue weighted by Crippen LogP contribution is 2.70. The van der Waals surface area contributed by atoms with Gasteiger partial charge >= 0.3 is 0 Å². The van der Waals surface area contributed by atoms with Gasteiger partial charge in [-0.2, -0.15) is 0 Å². The van der Waals surface area contributed by atoms with Crippen molar-refractivity contribution in [3.63, 3.8) is 0 Å². The molecule has 6 aliphatic rings. The number of para-hydroxylation sites is 1. The SMILES string of the molecule is CC[C@@H]1[C@@H]2C[C@@H]3[C@H]4N(C)c5ccccc5[C@]45C[C@@H]([C@@H]2[C@@H]5O)[N+]3(C)[C@@H]1O. The van der Waals surface area contributed by atoms with Gasteiger partial charge in [0.1, 0.15) is 6.04 Å². The second kappa shape index (κ2) is 4.24. The largest absolute Gasteiger partial charge is 0.392 e. The number of likely N-dealkylation sites (N-methyl/N-ethyl adjacent to an activating group) is 2. The van der Waals surface area contributed by atoms with E-state index in [0.717, 1.165) is 23.7 Å². The van der Waals surface area contributed by atoms with Crippen molar-refractivity contribution in [2.24, 2.45) is 17.8 Å². The number of aliphatic hydroxyl groups excluding tert-OH is 2. The third kappa shape index (κ3) is 1.27. The Morgan fingerprint density at radius 2 is 2.00 bits per heavy atom. The Hall–Kier alpha value is -1.10. The number of anilines is 1. The topological polar surface area (TPSA) is 43.7 Å². The number of rotatable bonds is 1. The lowest BCUT2D eigenvalue weighted by atomic mass is 9.61. The van der Waals surface area contributed by atoms with Gasteiger partial charge in [0, 0.05) is 37.4 Å². The lowest BCUT2D eigenvalue weighted by Gasteiger charge is -2.66. The quantitative estimate of drug-likeness (QED) is 0.764. The molecule has 4 nitrogen and oxygen atoms in total. The molecule has 1 saturated carbocycles. The van der Waals surface area contributed by atoms with Gasteiger partial charge in [0.2, 0.25) is 0 Å². The second-order valence-corrected chi connectivity index (χ2v) is 9.58. The summed E-state index contributed by atoms with van der Waals surface area (Å²) in [5, 5.41) is 23.1. The van der Waals surface area contributed by atoms with E-state index in [0.29, 0.717) is 35.9 Å². The van der Waals surface area contributed by atoms with Crippen molar-refractivity contribution in [1.29, 1.82) is 0 Å². The van der Waals surface area contributed by atoms with E-state index in [1.807, 2.05) is 0 Å². The van der Waals surface area contributed by atoms with Crippen LogP contribution in [0.4, 0.5) is 5.69 Å². The summed E-state index contributed by atoms with van der Waals surface area (Å²) in [6, 6.07) is 9.87. The molecule has 0 aromatic heterocycles. The van der Waals surface area contributed by atoms with Crippen LogP contribution in [0.2, 0.25) is 0 Å². The predicted octanol–water partition coefficient (Wildman–Crippen LogP) is 1.70. The van der Waals surface area contributed by atoms with Crippen LogP contribution in [0.3, 0.4) is 0 Å². The Kier molecular flexibility index (Phi) is 2.54. The van der Waals surface area contributed by atoms with Crippen molar-refractivity contribution in [1.82, 2.24) is 0 Å². The van der Waals surface area contributed by atoms with Gasteiger partial charge < -0.3 is 15.1 Å². The summed E-state index contributed by atoms with van der Waals surface area (Å²) in [5.41, 5.74) is 2.54. The zero-order valence-corrected chi connectivity index (χ0v) is 15.3. The standard InChI is InChI=1S/C21H29N2O2/c1-4-11-12-9-15-18-21(13-7-5-6-8-14(13)22(18)2)10-16(17(12)19(21)24)23(15,3)20(11)25/h5-8,11-12,15-20,24-25H,4,9-10H2,1-3H3/q+1/t11-,12+,15-,16+,17-,18-,19+,20-,21-,23?/m1/s1. The Bertz CT molecular complexity index is 768. The molecule has 1 aliphatic carbocycles. The monoisotopic (exact) mass is 341 g/mol. The van der Waals surface area contributed by atoms with Crippen LogP contribution in [0.5, 0.6) is 0 Å². The van der Waals surface area contributed by atoms with E-state index in [4.69, 9.17) is 0 Å². The molecule has 5 aliphatic heterocycles. The highest BCUT2D eigenvalue weighted by molar-refractivity contribution is 5.66. The summed E-state index contributed by atoms with van der Waals surface area (Å²) in [6.45, 7) is 2.21. The van der Waals surface area contributed by atoms with Crippen molar-refractivity contribution < 1.29 is 14.7 Å².